The highest BCUT2D eigenvalue weighted by molar-refractivity contribution is 7.91. The zero-order chi connectivity index (χ0) is 14.2. The molecule has 2 aromatic rings. The maximum atomic E-state index is 12.4. The SMILES string of the molecule is O=c1ccc(-c2csc(S(=O)(=O)N3CCCC3)c2)n[nH]1. The number of hydrogen-bond donors (Lipinski definition) is 1. The summed E-state index contributed by atoms with van der Waals surface area (Å²) in [4.78, 5) is 11.0. The van der Waals surface area contributed by atoms with Crippen LogP contribution in [0.25, 0.3) is 11.3 Å². The van der Waals surface area contributed by atoms with Crippen LogP contribution in [-0.2, 0) is 10.0 Å². The molecule has 8 heteroatoms. The number of nitrogens with zero attached hydrogens (tertiary/aromatic N) is 2. The maximum Gasteiger partial charge on any atom is 0.264 e. The van der Waals surface area contributed by atoms with Gasteiger partial charge in [0.15, 0.2) is 0 Å². The molecular formula is C12H13N3O3S2. The minimum Gasteiger partial charge on any atom is -0.268 e. The molecule has 106 valence electrons. The summed E-state index contributed by atoms with van der Waals surface area (Å²) in [7, 11) is -3.38. The van der Waals surface area contributed by atoms with Gasteiger partial charge in [-0.2, -0.15) is 9.40 Å². The largest absolute Gasteiger partial charge is 0.268 e. The van der Waals surface area contributed by atoms with Crippen molar-refractivity contribution in [3.63, 3.8) is 0 Å². The van der Waals surface area contributed by atoms with E-state index >= 15 is 0 Å². The lowest BCUT2D eigenvalue weighted by Gasteiger charge is -2.13. The number of aromatic amines is 1. The Hall–Kier alpha value is -1.51. The summed E-state index contributed by atoms with van der Waals surface area (Å²) in [6, 6.07) is 4.56. The van der Waals surface area contributed by atoms with Crippen LogP contribution in [0.2, 0.25) is 0 Å². The maximum absolute atomic E-state index is 12.4. The van der Waals surface area contributed by atoms with Gasteiger partial charge in [0.1, 0.15) is 4.21 Å². The van der Waals surface area contributed by atoms with E-state index in [-0.39, 0.29) is 5.56 Å². The van der Waals surface area contributed by atoms with Crippen LogP contribution >= 0.6 is 11.3 Å². The molecule has 0 atom stereocenters. The predicted molar refractivity (Wildman–Crippen MR) is 76.2 cm³/mol. The minimum atomic E-state index is -3.38. The summed E-state index contributed by atoms with van der Waals surface area (Å²) in [6.07, 6.45) is 1.83. The molecule has 3 heterocycles. The van der Waals surface area contributed by atoms with Crippen molar-refractivity contribution in [1.29, 1.82) is 0 Å². The van der Waals surface area contributed by atoms with E-state index in [1.54, 1.807) is 17.5 Å². The van der Waals surface area contributed by atoms with E-state index < -0.39 is 10.0 Å². The van der Waals surface area contributed by atoms with Gasteiger partial charge in [0.05, 0.1) is 5.69 Å². The van der Waals surface area contributed by atoms with Gasteiger partial charge in [-0.15, -0.1) is 11.3 Å². The molecule has 0 amide bonds. The number of nitrogens with one attached hydrogen (secondary N) is 1. The summed E-state index contributed by atoms with van der Waals surface area (Å²) in [5, 5.41) is 7.98. The van der Waals surface area contributed by atoms with Gasteiger partial charge in [0.2, 0.25) is 0 Å². The Morgan fingerprint density at radius 2 is 2.00 bits per heavy atom. The van der Waals surface area contributed by atoms with Crippen LogP contribution in [-0.4, -0.2) is 36.0 Å². The van der Waals surface area contributed by atoms with Crippen LogP contribution < -0.4 is 5.56 Å². The Bertz CT molecular complexity index is 753. The fourth-order valence-electron chi connectivity index (χ4n) is 2.15. The first kappa shape index (κ1) is 13.5. The lowest BCUT2D eigenvalue weighted by atomic mass is 10.2. The first-order valence-corrected chi connectivity index (χ1v) is 8.54. The van der Waals surface area contributed by atoms with Crippen molar-refractivity contribution < 1.29 is 8.42 Å². The third-order valence-electron chi connectivity index (χ3n) is 3.21. The average molecular weight is 311 g/mol. The molecule has 1 saturated heterocycles. The normalized spacial score (nSPS) is 16.6. The van der Waals surface area contributed by atoms with Crippen LogP contribution in [0.15, 0.2) is 32.6 Å². The van der Waals surface area contributed by atoms with Crippen molar-refractivity contribution in [2.45, 2.75) is 17.1 Å². The third-order valence-corrected chi connectivity index (χ3v) is 6.52. The number of rotatable bonds is 3. The van der Waals surface area contributed by atoms with Crippen LogP contribution in [0.5, 0.6) is 0 Å². The molecule has 0 aromatic carbocycles. The summed E-state index contributed by atoms with van der Waals surface area (Å²) in [5.41, 5.74) is 0.974. The highest BCUT2D eigenvalue weighted by Gasteiger charge is 2.28. The molecule has 0 unspecified atom stereocenters. The van der Waals surface area contributed by atoms with Crippen molar-refractivity contribution in [3.05, 3.63) is 33.9 Å². The van der Waals surface area contributed by atoms with E-state index in [9.17, 15) is 13.2 Å². The van der Waals surface area contributed by atoms with Gasteiger partial charge in [-0.05, 0) is 25.0 Å². The molecule has 1 N–H and O–H groups in total. The number of hydrogen-bond acceptors (Lipinski definition) is 5. The molecule has 1 aliphatic heterocycles. The van der Waals surface area contributed by atoms with Gasteiger partial charge in [0, 0.05) is 30.1 Å². The van der Waals surface area contributed by atoms with Crippen LogP contribution in [0.1, 0.15) is 12.8 Å². The number of sulfonamides is 1. The Morgan fingerprint density at radius 1 is 1.25 bits per heavy atom. The van der Waals surface area contributed by atoms with Gasteiger partial charge in [0.25, 0.3) is 15.6 Å². The third kappa shape index (κ3) is 2.41. The quantitative estimate of drug-likeness (QED) is 0.925. The minimum absolute atomic E-state index is 0.283. The molecule has 0 saturated carbocycles. The van der Waals surface area contributed by atoms with E-state index in [2.05, 4.69) is 10.2 Å². The van der Waals surface area contributed by atoms with Crippen molar-refractivity contribution in [3.8, 4) is 11.3 Å². The van der Waals surface area contributed by atoms with E-state index in [0.717, 1.165) is 12.8 Å². The zero-order valence-electron chi connectivity index (χ0n) is 10.6. The molecule has 3 rings (SSSR count). The van der Waals surface area contributed by atoms with Crippen LogP contribution in [0.4, 0.5) is 0 Å². The molecule has 1 aliphatic rings. The Labute approximate surface area is 120 Å². The second kappa shape index (κ2) is 5.12. The Balaban J connectivity index is 1.94. The summed E-state index contributed by atoms with van der Waals surface area (Å²) in [5.74, 6) is 0. The van der Waals surface area contributed by atoms with Gasteiger partial charge in [-0.3, -0.25) is 4.79 Å². The topological polar surface area (TPSA) is 83.1 Å². The number of H-pyrrole nitrogens is 1. The second-order valence-electron chi connectivity index (χ2n) is 4.57. The molecule has 0 aliphatic carbocycles. The molecule has 20 heavy (non-hydrogen) atoms. The van der Waals surface area contributed by atoms with Crippen molar-refractivity contribution in [2.75, 3.05) is 13.1 Å². The number of thiophene rings is 1. The highest BCUT2D eigenvalue weighted by atomic mass is 32.2. The van der Waals surface area contributed by atoms with E-state index in [4.69, 9.17) is 0 Å². The lowest BCUT2D eigenvalue weighted by molar-refractivity contribution is 0.479. The highest BCUT2D eigenvalue weighted by Crippen LogP contribution is 2.30. The Morgan fingerprint density at radius 3 is 2.65 bits per heavy atom. The zero-order valence-corrected chi connectivity index (χ0v) is 12.2. The predicted octanol–water partition coefficient (Wildman–Crippen LogP) is 1.28. The van der Waals surface area contributed by atoms with E-state index in [0.29, 0.717) is 28.6 Å². The fourth-order valence-corrected chi connectivity index (χ4v) is 4.99. The van der Waals surface area contributed by atoms with Crippen molar-refractivity contribution in [2.24, 2.45) is 0 Å². The molecular weight excluding hydrogens is 298 g/mol. The van der Waals surface area contributed by atoms with Gasteiger partial charge >= 0.3 is 0 Å². The van der Waals surface area contributed by atoms with Gasteiger partial charge in [-0.1, -0.05) is 0 Å². The molecule has 6 nitrogen and oxygen atoms in total. The first-order chi connectivity index (χ1) is 9.57. The molecule has 0 radical (unpaired) electrons. The first-order valence-electron chi connectivity index (χ1n) is 6.22. The van der Waals surface area contributed by atoms with E-state index in [1.165, 1.54) is 21.7 Å². The van der Waals surface area contributed by atoms with Crippen molar-refractivity contribution >= 4 is 21.4 Å². The van der Waals surface area contributed by atoms with Gasteiger partial charge in [-0.25, -0.2) is 13.5 Å². The van der Waals surface area contributed by atoms with Gasteiger partial charge < -0.3 is 0 Å². The van der Waals surface area contributed by atoms with E-state index in [1.807, 2.05) is 0 Å². The number of aromatic nitrogens is 2. The molecule has 0 bridgehead atoms. The standard InChI is InChI=1S/C12H13N3O3S2/c16-11-4-3-10(13-14-11)9-7-12(19-8-9)20(17,18)15-5-1-2-6-15/h3-4,7-8H,1-2,5-6H2,(H,14,16). The van der Waals surface area contributed by atoms with Crippen LogP contribution in [0.3, 0.4) is 0 Å². The monoisotopic (exact) mass is 311 g/mol. The summed E-state index contributed by atoms with van der Waals surface area (Å²) in [6.45, 7) is 1.18. The molecule has 0 spiro atoms. The van der Waals surface area contributed by atoms with Crippen molar-refractivity contribution in [1.82, 2.24) is 14.5 Å². The fraction of sp³-hybridized carbons (Fsp3) is 0.333. The smallest absolute Gasteiger partial charge is 0.264 e. The Kier molecular flexibility index (Phi) is 3.45. The summed E-state index contributed by atoms with van der Waals surface area (Å²) < 4.78 is 26.6. The lowest BCUT2D eigenvalue weighted by Crippen LogP contribution is -2.27. The molecule has 1 fully saturated rings. The average Bonchev–Trinajstić information content (AvgIpc) is 3.12. The summed E-state index contributed by atoms with van der Waals surface area (Å²) >= 11 is 1.18. The second-order valence-corrected chi connectivity index (χ2v) is 7.65. The molecule has 2 aromatic heterocycles. The van der Waals surface area contributed by atoms with Crippen LogP contribution in [0, 0.1) is 0 Å².